The zero-order valence-corrected chi connectivity index (χ0v) is 13.1. The average Bonchev–Trinajstić information content (AvgIpc) is 2.75. The van der Waals surface area contributed by atoms with Crippen LogP contribution >= 0.6 is 0 Å². The zero-order valence-electron chi connectivity index (χ0n) is 13.1. The van der Waals surface area contributed by atoms with E-state index in [0.717, 1.165) is 19.0 Å². The molecule has 1 aliphatic heterocycles. The second-order valence-electron chi connectivity index (χ2n) is 6.76. The highest BCUT2D eigenvalue weighted by Gasteiger charge is 2.35. The number of nitrogens with one attached hydrogen (secondary N) is 1. The highest BCUT2D eigenvalue weighted by atomic mass is 16.3. The van der Waals surface area contributed by atoms with Crippen molar-refractivity contribution in [1.82, 2.24) is 10.2 Å². The molecule has 1 saturated heterocycles. The minimum absolute atomic E-state index is 0.553. The van der Waals surface area contributed by atoms with E-state index in [1.54, 1.807) is 0 Å². The number of nitrogens with zero attached hydrogens (tertiary/aromatic N) is 1. The van der Waals surface area contributed by atoms with Gasteiger partial charge in [-0.1, -0.05) is 20.3 Å². The van der Waals surface area contributed by atoms with Gasteiger partial charge in [0.15, 0.2) is 0 Å². The Morgan fingerprint density at radius 2 is 1.80 bits per heavy atom. The molecule has 2 rings (SSSR count). The first-order valence-electron chi connectivity index (χ1n) is 8.45. The molecule has 1 saturated carbocycles. The maximum absolute atomic E-state index is 9.70. The van der Waals surface area contributed by atoms with Gasteiger partial charge in [-0.2, -0.15) is 0 Å². The highest BCUT2D eigenvalue weighted by molar-refractivity contribution is 4.90. The minimum atomic E-state index is -0.553. The topological polar surface area (TPSA) is 55.7 Å². The summed E-state index contributed by atoms with van der Waals surface area (Å²) in [6.45, 7) is 7.90. The van der Waals surface area contributed by atoms with Crippen molar-refractivity contribution in [2.75, 3.05) is 26.2 Å². The van der Waals surface area contributed by atoms with Crippen molar-refractivity contribution in [3.8, 4) is 0 Å². The highest BCUT2D eigenvalue weighted by Crippen LogP contribution is 2.32. The fourth-order valence-corrected chi connectivity index (χ4v) is 3.86. The molecule has 3 N–H and O–H groups in total. The lowest BCUT2D eigenvalue weighted by molar-refractivity contribution is 0.0572. The van der Waals surface area contributed by atoms with Gasteiger partial charge < -0.3 is 15.5 Å². The summed E-state index contributed by atoms with van der Waals surface area (Å²) in [7, 11) is 0. The van der Waals surface area contributed by atoms with Crippen LogP contribution in [0.2, 0.25) is 0 Å². The maximum Gasteiger partial charge on any atom is 0.0938 e. The van der Waals surface area contributed by atoms with Crippen LogP contribution in [-0.2, 0) is 0 Å². The first kappa shape index (κ1) is 16.2. The zero-order chi connectivity index (χ0) is 14.5. The first-order valence-corrected chi connectivity index (χ1v) is 8.45. The Balaban J connectivity index is 1.89. The molecule has 2 fully saturated rings. The van der Waals surface area contributed by atoms with Crippen molar-refractivity contribution in [3.05, 3.63) is 0 Å². The summed E-state index contributed by atoms with van der Waals surface area (Å²) in [6.07, 6.45) is 5.27. The van der Waals surface area contributed by atoms with Gasteiger partial charge >= 0.3 is 0 Å². The molecule has 0 spiro atoms. The van der Waals surface area contributed by atoms with E-state index in [4.69, 9.17) is 0 Å². The standard InChI is InChI=1S/C16H32N2O2/c1-3-7-17-14-6-5-12(4-2)8-13(14)9-18-10-15(19)16(20)11-18/h12-17,19-20H,3-11H2,1-2H3. The Bertz CT molecular complexity index is 278. The Hall–Kier alpha value is -0.160. The largest absolute Gasteiger partial charge is 0.389 e. The Morgan fingerprint density at radius 1 is 1.10 bits per heavy atom. The third kappa shape index (κ3) is 4.17. The summed E-state index contributed by atoms with van der Waals surface area (Å²) in [5.74, 6) is 1.52. The maximum atomic E-state index is 9.70. The van der Waals surface area contributed by atoms with Gasteiger partial charge in [0, 0.05) is 25.7 Å². The lowest BCUT2D eigenvalue weighted by Crippen LogP contribution is -2.46. The minimum Gasteiger partial charge on any atom is -0.389 e. The van der Waals surface area contributed by atoms with Crippen LogP contribution in [0.25, 0.3) is 0 Å². The Kier molecular flexibility index (Phi) is 6.27. The molecular weight excluding hydrogens is 252 g/mol. The molecule has 4 heteroatoms. The van der Waals surface area contributed by atoms with Crippen LogP contribution in [-0.4, -0.2) is 59.5 Å². The van der Waals surface area contributed by atoms with Crippen LogP contribution < -0.4 is 5.32 Å². The molecule has 20 heavy (non-hydrogen) atoms. The van der Waals surface area contributed by atoms with Gasteiger partial charge in [0.25, 0.3) is 0 Å². The van der Waals surface area contributed by atoms with E-state index in [1.807, 2.05) is 0 Å². The monoisotopic (exact) mass is 284 g/mol. The van der Waals surface area contributed by atoms with Crippen LogP contribution in [0, 0.1) is 11.8 Å². The average molecular weight is 284 g/mol. The van der Waals surface area contributed by atoms with E-state index >= 15 is 0 Å². The third-order valence-corrected chi connectivity index (χ3v) is 5.15. The summed E-state index contributed by atoms with van der Waals surface area (Å²) in [5, 5.41) is 23.1. The molecule has 0 bridgehead atoms. The van der Waals surface area contributed by atoms with Gasteiger partial charge in [0.1, 0.15) is 0 Å². The molecule has 0 aromatic carbocycles. The lowest BCUT2D eigenvalue weighted by atomic mass is 9.76. The summed E-state index contributed by atoms with van der Waals surface area (Å²) < 4.78 is 0. The normalized spacial score (nSPS) is 39.3. The van der Waals surface area contributed by atoms with Crippen molar-refractivity contribution in [1.29, 1.82) is 0 Å². The fraction of sp³-hybridized carbons (Fsp3) is 1.00. The van der Waals surface area contributed by atoms with Crippen LogP contribution in [0.4, 0.5) is 0 Å². The van der Waals surface area contributed by atoms with Crippen molar-refractivity contribution in [2.45, 2.75) is 64.2 Å². The van der Waals surface area contributed by atoms with Crippen LogP contribution in [0.1, 0.15) is 46.0 Å². The number of aliphatic hydroxyl groups excluding tert-OH is 2. The van der Waals surface area contributed by atoms with E-state index in [0.29, 0.717) is 25.0 Å². The molecule has 0 aromatic rings. The first-order chi connectivity index (χ1) is 9.63. The number of hydrogen-bond acceptors (Lipinski definition) is 4. The molecule has 0 aromatic heterocycles. The van der Waals surface area contributed by atoms with Gasteiger partial charge in [-0.25, -0.2) is 0 Å². The predicted octanol–water partition coefficient (Wildman–Crippen LogP) is 1.22. The van der Waals surface area contributed by atoms with Crippen LogP contribution in [0.5, 0.6) is 0 Å². The summed E-state index contributed by atoms with van der Waals surface area (Å²) in [6, 6.07) is 0.618. The summed E-state index contributed by atoms with van der Waals surface area (Å²) in [5.41, 5.74) is 0. The van der Waals surface area contributed by atoms with Crippen LogP contribution in [0.3, 0.4) is 0 Å². The number of hydrogen-bond donors (Lipinski definition) is 3. The number of aliphatic hydroxyl groups is 2. The molecule has 118 valence electrons. The van der Waals surface area contributed by atoms with Crippen molar-refractivity contribution in [3.63, 3.8) is 0 Å². The van der Waals surface area contributed by atoms with E-state index in [1.165, 1.54) is 32.1 Å². The Morgan fingerprint density at radius 3 is 2.40 bits per heavy atom. The van der Waals surface area contributed by atoms with Crippen molar-refractivity contribution < 1.29 is 10.2 Å². The third-order valence-electron chi connectivity index (χ3n) is 5.15. The molecule has 1 aliphatic carbocycles. The molecule has 5 atom stereocenters. The van der Waals surface area contributed by atoms with Gasteiger partial charge in [-0.3, -0.25) is 4.90 Å². The van der Waals surface area contributed by atoms with Crippen molar-refractivity contribution >= 4 is 0 Å². The lowest BCUT2D eigenvalue weighted by Gasteiger charge is -2.38. The molecule has 1 heterocycles. The summed E-state index contributed by atoms with van der Waals surface area (Å²) in [4.78, 5) is 2.25. The molecule has 0 amide bonds. The number of likely N-dealkylation sites (tertiary alicyclic amines) is 1. The molecular formula is C16H32N2O2. The summed E-state index contributed by atoms with van der Waals surface area (Å²) >= 11 is 0. The fourth-order valence-electron chi connectivity index (χ4n) is 3.86. The predicted molar refractivity (Wildman–Crippen MR) is 81.7 cm³/mol. The Labute approximate surface area is 123 Å². The van der Waals surface area contributed by atoms with Gasteiger partial charge in [0.2, 0.25) is 0 Å². The number of β-amino-alcohol motifs (C(OH)–C–C–N with tert-alkyl or cyclic N) is 2. The second-order valence-corrected chi connectivity index (χ2v) is 6.76. The van der Waals surface area contributed by atoms with Gasteiger partial charge in [-0.05, 0) is 44.1 Å². The second kappa shape index (κ2) is 7.74. The smallest absolute Gasteiger partial charge is 0.0938 e. The van der Waals surface area contributed by atoms with Gasteiger partial charge in [0.05, 0.1) is 12.2 Å². The van der Waals surface area contributed by atoms with E-state index in [9.17, 15) is 10.2 Å². The molecule has 4 nitrogen and oxygen atoms in total. The van der Waals surface area contributed by atoms with Crippen molar-refractivity contribution in [2.24, 2.45) is 11.8 Å². The molecule has 2 aliphatic rings. The quantitative estimate of drug-likeness (QED) is 0.686. The van der Waals surface area contributed by atoms with Crippen LogP contribution in [0.15, 0.2) is 0 Å². The van der Waals surface area contributed by atoms with Gasteiger partial charge in [-0.15, -0.1) is 0 Å². The molecule has 0 radical (unpaired) electrons. The van der Waals surface area contributed by atoms with E-state index in [2.05, 4.69) is 24.1 Å². The van der Waals surface area contributed by atoms with E-state index < -0.39 is 12.2 Å². The molecule has 5 unspecified atom stereocenters. The number of rotatable bonds is 6. The van der Waals surface area contributed by atoms with E-state index in [-0.39, 0.29) is 0 Å². The SMILES string of the molecule is CCCNC1CCC(CC)CC1CN1CC(O)C(O)C1.